The standard InChI is InChI=1S/C27H22Cl2F2N8O3/c1-2-37(13-16-6-8-32-22(29)10-16)23(40)15-38-14-20(35-26(41)19-12-34-39-9-3-7-33-25(19)39)24(36-38)18-11-17(28)4-5-21(18)42-27(30)31/h3-12,14,27H,2,13,15H2,1H3,(H,35,41). The molecule has 4 heterocycles. The maximum atomic E-state index is 13.3. The van der Waals surface area contributed by atoms with Gasteiger partial charge in [0.25, 0.3) is 5.91 Å². The number of halogens is 4. The predicted octanol–water partition coefficient (Wildman–Crippen LogP) is 5.20. The van der Waals surface area contributed by atoms with Crippen molar-refractivity contribution in [1.82, 2.24) is 34.3 Å². The summed E-state index contributed by atoms with van der Waals surface area (Å²) in [5, 5.41) is 11.8. The van der Waals surface area contributed by atoms with Gasteiger partial charge in [0.2, 0.25) is 5.91 Å². The number of likely N-dealkylation sites (N-methyl/N-ethyl adjacent to an activating group) is 1. The molecule has 0 saturated heterocycles. The van der Waals surface area contributed by atoms with Crippen LogP contribution in [0.3, 0.4) is 0 Å². The summed E-state index contributed by atoms with van der Waals surface area (Å²) < 4.78 is 33.9. The van der Waals surface area contributed by atoms with Crippen LogP contribution in [0.25, 0.3) is 16.9 Å². The lowest BCUT2D eigenvalue weighted by Gasteiger charge is -2.21. The number of carbonyl (C=O) groups is 2. The van der Waals surface area contributed by atoms with Gasteiger partial charge in [0, 0.05) is 48.5 Å². The van der Waals surface area contributed by atoms with E-state index in [2.05, 4.69) is 25.5 Å². The molecule has 0 unspecified atom stereocenters. The molecule has 42 heavy (non-hydrogen) atoms. The number of aromatic nitrogens is 6. The number of alkyl halides is 2. The minimum atomic E-state index is -3.13. The molecule has 0 radical (unpaired) electrons. The number of benzene rings is 1. The number of amides is 2. The van der Waals surface area contributed by atoms with Crippen molar-refractivity contribution in [1.29, 1.82) is 0 Å². The second kappa shape index (κ2) is 12.5. The van der Waals surface area contributed by atoms with E-state index in [-0.39, 0.29) is 52.3 Å². The molecule has 0 fully saturated rings. The molecule has 216 valence electrons. The van der Waals surface area contributed by atoms with Crippen molar-refractivity contribution in [3.63, 3.8) is 0 Å². The molecule has 0 spiro atoms. The van der Waals surface area contributed by atoms with E-state index >= 15 is 0 Å². The van der Waals surface area contributed by atoms with Crippen LogP contribution in [0.15, 0.2) is 67.4 Å². The van der Waals surface area contributed by atoms with E-state index in [1.807, 2.05) is 6.92 Å². The lowest BCUT2D eigenvalue weighted by atomic mass is 10.1. The summed E-state index contributed by atoms with van der Waals surface area (Å²) in [4.78, 5) is 36.3. The number of nitrogens with zero attached hydrogens (tertiary/aromatic N) is 7. The quantitative estimate of drug-likeness (QED) is 0.215. The summed E-state index contributed by atoms with van der Waals surface area (Å²) >= 11 is 12.2. The van der Waals surface area contributed by atoms with Gasteiger partial charge < -0.3 is 15.0 Å². The highest BCUT2D eigenvalue weighted by atomic mass is 35.5. The van der Waals surface area contributed by atoms with Gasteiger partial charge in [-0.05, 0) is 48.9 Å². The summed E-state index contributed by atoms with van der Waals surface area (Å²) in [5.74, 6) is -1.10. The monoisotopic (exact) mass is 614 g/mol. The van der Waals surface area contributed by atoms with Crippen LogP contribution in [-0.4, -0.2) is 59.2 Å². The van der Waals surface area contributed by atoms with Gasteiger partial charge in [-0.1, -0.05) is 23.2 Å². The SMILES string of the molecule is CCN(Cc1ccnc(Cl)c1)C(=O)Cn1cc(NC(=O)c2cnn3cccnc23)c(-c2cc(Cl)ccc2OC(F)F)n1. The number of rotatable bonds is 10. The van der Waals surface area contributed by atoms with Gasteiger partial charge in [0.05, 0.1) is 11.9 Å². The fourth-order valence-electron chi connectivity index (χ4n) is 4.23. The zero-order valence-corrected chi connectivity index (χ0v) is 23.4. The van der Waals surface area contributed by atoms with E-state index in [0.717, 1.165) is 5.56 Å². The van der Waals surface area contributed by atoms with Gasteiger partial charge in [0.15, 0.2) is 5.65 Å². The Bertz CT molecular complexity index is 1760. The molecular formula is C27H22Cl2F2N8O3. The summed E-state index contributed by atoms with van der Waals surface area (Å²) in [7, 11) is 0. The molecule has 5 rings (SSSR count). The Balaban J connectivity index is 1.49. The van der Waals surface area contributed by atoms with Crippen molar-refractivity contribution in [3.8, 4) is 17.0 Å². The number of hydrogen-bond acceptors (Lipinski definition) is 7. The molecule has 1 aromatic carbocycles. The highest BCUT2D eigenvalue weighted by Crippen LogP contribution is 2.37. The van der Waals surface area contributed by atoms with E-state index in [9.17, 15) is 18.4 Å². The zero-order valence-electron chi connectivity index (χ0n) is 21.9. The lowest BCUT2D eigenvalue weighted by Crippen LogP contribution is -2.33. The molecular weight excluding hydrogens is 593 g/mol. The first-order chi connectivity index (χ1) is 20.2. The topological polar surface area (TPSA) is 120 Å². The minimum Gasteiger partial charge on any atom is -0.434 e. The van der Waals surface area contributed by atoms with Gasteiger partial charge in [-0.15, -0.1) is 0 Å². The summed E-state index contributed by atoms with van der Waals surface area (Å²) in [6.07, 6.45) is 7.47. The van der Waals surface area contributed by atoms with Crippen LogP contribution in [0.4, 0.5) is 14.5 Å². The molecule has 0 bridgehead atoms. The lowest BCUT2D eigenvalue weighted by molar-refractivity contribution is -0.132. The van der Waals surface area contributed by atoms with Crippen LogP contribution < -0.4 is 10.1 Å². The first kappa shape index (κ1) is 28.9. The maximum absolute atomic E-state index is 13.3. The highest BCUT2D eigenvalue weighted by molar-refractivity contribution is 6.31. The van der Waals surface area contributed by atoms with Crippen LogP contribution in [0.2, 0.25) is 10.2 Å². The fraction of sp³-hybridized carbons (Fsp3) is 0.185. The van der Waals surface area contributed by atoms with Crippen molar-refractivity contribution in [2.24, 2.45) is 0 Å². The number of fused-ring (bicyclic) bond motifs is 1. The van der Waals surface area contributed by atoms with E-state index in [1.165, 1.54) is 46.0 Å². The molecule has 1 N–H and O–H groups in total. The van der Waals surface area contributed by atoms with Crippen molar-refractivity contribution >= 4 is 46.4 Å². The van der Waals surface area contributed by atoms with Crippen LogP contribution in [0, 0.1) is 0 Å². The average Bonchev–Trinajstić information content (AvgIpc) is 3.56. The van der Waals surface area contributed by atoms with Crippen molar-refractivity contribution in [2.45, 2.75) is 26.6 Å². The third-order valence-electron chi connectivity index (χ3n) is 6.14. The average molecular weight is 615 g/mol. The third kappa shape index (κ3) is 6.47. The van der Waals surface area contributed by atoms with Crippen molar-refractivity contribution in [3.05, 3.63) is 88.7 Å². The molecule has 15 heteroatoms. The molecule has 4 aromatic heterocycles. The Morgan fingerprint density at radius 1 is 1.14 bits per heavy atom. The van der Waals surface area contributed by atoms with Gasteiger partial charge >= 0.3 is 6.61 Å². The van der Waals surface area contributed by atoms with Crippen LogP contribution >= 0.6 is 23.2 Å². The zero-order chi connectivity index (χ0) is 29.8. The summed E-state index contributed by atoms with van der Waals surface area (Å²) in [6.45, 7) is -0.864. The second-order valence-electron chi connectivity index (χ2n) is 8.90. The molecule has 0 atom stereocenters. The summed E-state index contributed by atoms with van der Waals surface area (Å²) in [5.41, 5.74) is 1.51. The van der Waals surface area contributed by atoms with Crippen molar-refractivity contribution in [2.75, 3.05) is 11.9 Å². The van der Waals surface area contributed by atoms with Crippen LogP contribution in [0.5, 0.6) is 5.75 Å². The molecule has 2 amide bonds. The van der Waals surface area contributed by atoms with E-state index in [0.29, 0.717) is 17.3 Å². The maximum Gasteiger partial charge on any atom is 0.387 e. The minimum absolute atomic E-state index is 0.0581. The second-order valence-corrected chi connectivity index (χ2v) is 9.73. The van der Waals surface area contributed by atoms with Gasteiger partial charge in [-0.3, -0.25) is 14.3 Å². The number of ether oxygens (including phenoxy) is 1. The smallest absolute Gasteiger partial charge is 0.387 e. The number of anilines is 1. The number of pyridine rings is 1. The van der Waals surface area contributed by atoms with Gasteiger partial charge in [-0.2, -0.15) is 19.0 Å². The van der Waals surface area contributed by atoms with Gasteiger partial charge in [-0.25, -0.2) is 14.5 Å². The molecule has 0 aliphatic rings. The normalized spacial score (nSPS) is 11.2. The van der Waals surface area contributed by atoms with E-state index in [4.69, 9.17) is 27.9 Å². The highest BCUT2D eigenvalue weighted by Gasteiger charge is 2.23. The third-order valence-corrected chi connectivity index (χ3v) is 6.58. The Morgan fingerprint density at radius 2 is 1.98 bits per heavy atom. The van der Waals surface area contributed by atoms with Crippen LogP contribution in [-0.2, 0) is 17.9 Å². The molecule has 5 aromatic rings. The Kier molecular flexibility index (Phi) is 8.59. The first-order valence-corrected chi connectivity index (χ1v) is 13.3. The Morgan fingerprint density at radius 3 is 2.74 bits per heavy atom. The molecule has 0 saturated carbocycles. The largest absolute Gasteiger partial charge is 0.434 e. The number of carbonyl (C=O) groups excluding carboxylic acids is 2. The fourth-order valence-corrected chi connectivity index (χ4v) is 4.60. The number of hydrogen-bond donors (Lipinski definition) is 1. The molecule has 11 nitrogen and oxygen atoms in total. The van der Waals surface area contributed by atoms with E-state index < -0.39 is 12.5 Å². The van der Waals surface area contributed by atoms with Gasteiger partial charge in [0.1, 0.15) is 28.7 Å². The Hall–Kier alpha value is -4.62. The van der Waals surface area contributed by atoms with Crippen LogP contribution in [0.1, 0.15) is 22.8 Å². The predicted molar refractivity (Wildman–Crippen MR) is 151 cm³/mol. The van der Waals surface area contributed by atoms with E-state index in [1.54, 1.807) is 35.5 Å². The number of nitrogens with one attached hydrogen (secondary N) is 1. The first-order valence-electron chi connectivity index (χ1n) is 12.5. The molecule has 0 aliphatic heterocycles. The molecule has 0 aliphatic carbocycles. The summed E-state index contributed by atoms with van der Waals surface area (Å²) in [6, 6.07) is 9.11. The Labute approximate surface area is 247 Å². The van der Waals surface area contributed by atoms with Crippen molar-refractivity contribution < 1.29 is 23.1 Å².